The molecule has 3 nitrogen and oxygen atoms in total. The number of nitrogens with zero attached hydrogens (tertiary/aromatic N) is 1. The summed E-state index contributed by atoms with van der Waals surface area (Å²) < 4.78 is 5.26. The van der Waals surface area contributed by atoms with Crippen molar-refractivity contribution >= 4 is 5.69 Å². The summed E-state index contributed by atoms with van der Waals surface area (Å²) in [6, 6.07) is 8.67. The first kappa shape index (κ1) is 17.0. The molecule has 0 spiro atoms. The van der Waals surface area contributed by atoms with Crippen LogP contribution in [0.4, 0.5) is 5.69 Å². The number of aliphatic hydroxyl groups excluding tert-OH is 1. The number of benzene rings is 1. The van der Waals surface area contributed by atoms with Crippen LogP contribution in [0, 0.1) is 0 Å². The quantitative estimate of drug-likeness (QED) is 0.747. The molecule has 0 aromatic heterocycles. The topological polar surface area (TPSA) is 32.7 Å². The Morgan fingerprint density at radius 3 is 2.30 bits per heavy atom. The molecule has 0 aliphatic heterocycles. The third-order valence-corrected chi connectivity index (χ3v) is 3.91. The Morgan fingerprint density at radius 1 is 1.10 bits per heavy atom. The fourth-order valence-electron chi connectivity index (χ4n) is 2.67. The summed E-state index contributed by atoms with van der Waals surface area (Å²) in [5.41, 5.74) is 2.17. The molecule has 20 heavy (non-hydrogen) atoms. The highest BCUT2D eigenvalue weighted by atomic mass is 16.5. The Morgan fingerprint density at radius 2 is 1.75 bits per heavy atom. The first-order chi connectivity index (χ1) is 9.69. The van der Waals surface area contributed by atoms with Gasteiger partial charge >= 0.3 is 0 Å². The van der Waals surface area contributed by atoms with Crippen molar-refractivity contribution in [3.05, 3.63) is 29.8 Å². The largest absolute Gasteiger partial charge is 0.388 e. The summed E-state index contributed by atoms with van der Waals surface area (Å²) in [7, 11) is 1.73. The summed E-state index contributed by atoms with van der Waals surface area (Å²) in [5.74, 6) is 0. The number of anilines is 1. The first-order valence-corrected chi connectivity index (χ1v) is 7.72. The number of ether oxygens (including phenoxy) is 1. The van der Waals surface area contributed by atoms with Crippen molar-refractivity contribution in [1.82, 2.24) is 0 Å². The Kier molecular flexibility index (Phi) is 7.63. The van der Waals surface area contributed by atoms with Crippen LogP contribution in [0.5, 0.6) is 0 Å². The highest BCUT2D eigenvalue weighted by Gasteiger charge is 2.20. The molecule has 0 saturated carbocycles. The lowest BCUT2D eigenvalue weighted by Crippen LogP contribution is -2.37. The minimum absolute atomic E-state index is 0.398. The molecular formula is C17H29NO2. The van der Waals surface area contributed by atoms with E-state index in [-0.39, 0.29) is 0 Å². The second kappa shape index (κ2) is 8.98. The van der Waals surface area contributed by atoms with E-state index in [4.69, 9.17) is 4.74 Å². The van der Waals surface area contributed by atoms with E-state index in [1.54, 1.807) is 7.11 Å². The smallest absolute Gasteiger partial charge is 0.0807 e. The van der Waals surface area contributed by atoms with Crippen LogP contribution < -0.4 is 4.90 Å². The van der Waals surface area contributed by atoms with Gasteiger partial charge in [-0.25, -0.2) is 0 Å². The molecule has 1 N–H and O–H groups in total. The summed E-state index contributed by atoms with van der Waals surface area (Å²) in [6.45, 7) is 8.00. The molecule has 3 heteroatoms. The predicted molar refractivity (Wildman–Crippen MR) is 85.3 cm³/mol. The average Bonchev–Trinajstić information content (AvgIpc) is 2.50. The fourth-order valence-corrected chi connectivity index (χ4v) is 2.67. The van der Waals surface area contributed by atoms with Gasteiger partial charge in [0, 0.05) is 30.9 Å². The van der Waals surface area contributed by atoms with Gasteiger partial charge < -0.3 is 14.7 Å². The Labute approximate surface area is 123 Å². The molecule has 0 bridgehead atoms. The van der Waals surface area contributed by atoms with Gasteiger partial charge in [0.15, 0.2) is 0 Å². The van der Waals surface area contributed by atoms with E-state index in [0.29, 0.717) is 12.6 Å². The molecule has 0 fully saturated rings. The number of aliphatic hydroxyl groups is 1. The van der Waals surface area contributed by atoms with E-state index in [1.165, 1.54) is 0 Å². The van der Waals surface area contributed by atoms with Gasteiger partial charge in [-0.3, -0.25) is 0 Å². The molecule has 0 amide bonds. The molecule has 1 rings (SSSR count). The van der Waals surface area contributed by atoms with Crippen molar-refractivity contribution < 1.29 is 9.84 Å². The zero-order valence-electron chi connectivity index (χ0n) is 13.3. The molecule has 0 saturated heterocycles. The van der Waals surface area contributed by atoms with Crippen molar-refractivity contribution in [1.29, 1.82) is 0 Å². The molecule has 0 radical (unpaired) electrons. The number of rotatable bonds is 9. The Bertz CT molecular complexity index is 377. The van der Waals surface area contributed by atoms with Crippen molar-refractivity contribution in [3.8, 4) is 0 Å². The zero-order chi connectivity index (χ0) is 15.0. The molecule has 0 unspecified atom stereocenters. The van der Waals surface area contributed by atoms with Crippen molar-refractivity contribution in [2.24, 2.45) is 0 Å². The Hall–Kier alpha value is -1.06. The summed E-state index contributed by atoms with van der Waals surface area (Å²) >= 11 is 0. The second-order valence-corrected chi connectivity index (χ2v) is 5.14. The number of hydrogen-bond acceptors (Lipinski definition) is 3. The van der Waals surface area contributed by atoms with Gasteiger partial charge in [0.25, 0.3) is 0 Å². The van der Waals surface area contributed by atoms with Crippen LogP contribution in [0.15, 0.2) is 24.3 Å². The number of hydrogen-bond donors (Lipinski definition) is 1. The number of methoxy groups -OCH3 is 1. The SMILES string of the molecule is CCC(CC)N(CCOC)c1ccccc1[C@@H](O)CC. The lowest BCUT2D eigenvalue weighted by Gasteiger charge is -2.34. The number of para-hydroxylation sites is 1. The first-order valence-electron chi connectivity index (χ1n) is 7.72. The van der Waals surface area contributed by atoms with Gasteiger partial charge in [-0.05, 0) is 25.3 Å². The maximum Gasteiger partial charge on any atom is 0.0807 e. The van der Waals surface area contributed by atoms with E-state index in [2.05, 4.69) is 24.8 Å². The van der Waals surface area contributed by atoms with Crippen LogP contribution in [-0.4, -0.2) is 31.4 Å². The van der Waals surface area contributed by atoms with E-state index >= 15 is 0 Å². The Balaban J connectivity index is 3.11. The molecule has 1 aromatic carbocycles. The fraction of sp³-hybridized carbons (Fsp3) is 0.647. The summed E-state index contributed by atoms with van der Waals surface area (Å²) in [4.78, 5) is 2.39. The van der Waals surface area contributed by atoms with Crippen LogP contribution in [0.25, 0.3) is 0 Å². The maximum absolute atomic E-state index is 10.3. The van der Waals surface area contributed by atoms with Gasteiger partial charge in [0.1, 0.15) is 0 Å². The molecule has 0 aliphatic rings. The van der Waals surface area contributed by atoms with E-state index in [1.807, 2.05) is 25.1 Å². The third-order valence-electron chi connectivity index (χ3n) is 3.91. The van der Waals surface area contributed by atoms with Gasteiger partial charge in [0.2, 0.25) is 0 Å². The summed E-state index contributed by atoms with van der Waals surface area (Å²) in [6.07, 6.45) is 2.52. The third kappa shape index (κ3) is 4.22. The van der Waals surface area contributed by atoms with Crippen molar-refractivity contribution in [2.45, 2.75) is 52.2 Å². The van der Waals surface area contributed by atoms with Crippen LogP contribution in [0.1, 0.15) is 51.7 Å². The van der Waals surface area contributed by atoms with Gasteiger partial charge in [-0.2, -0.15) is 0 Å². The second-order valence-electron chi connectivity index (χ2n) is 5.14. The van der Waals surface area contributed by atoms with Crippen molar-refractivity contribution in [2.75, 3.05) is 25.2 Å². The predicted octanol–water partition coefficient (Wildman–Crippen LogP) is 3.77. The van der Waals surface area contributed by atoms with Gasteiger partial charge in [-0.15, -0.1) is 0 Å². The highest BCUT2D eigenvalue weighted by molar-refractivity contribution is 5.55. The molecule has 1 aromatic rings. The lowest BCUT2D eigenvalue weighted by atomic mass is 10.0. The average molecular weight is 279 g/mol. The zero-order valence-corrected chi connectivity index (χ0v) is 13.3. The van der Waals surface area contributed by atoms with Crippen LogP contribution in [0.3, 0.4) is 0 Å². The maximum atomic E-state index is 10.3. The molecule has 114 valence electrons. The van der Waals surface area contributed by atoms with Crippen LogP contribution in [-0.2, 0) is 4.74 Å². The van der Waals surface area contributed by atoms with Crippen LogP contribution in [0.2, 0.25) is 0 Å². The molecule has 0 aliphatic carbocycles. The monoisotopic (exact) mass is 279 g/mol. The summed E-state index contributed by atoms with van der Waals surface area (Å²) in [5, 5.41) is 10.3. The van der Waals surface area contributed by atoms with E-state index in [0.717, 1.165) is 37.1 Å². The minimum Gasteiger partial charge on any atom is -0.388 e. The van der Waals surface area contributed by atoms with E-state index in [9.17, 15) is 5.11 Å². The molecule has 1 atom stereocenters. The van der Waals surface area contributed by atoms with Crippen molar-refractivity contribution in [3.63, 3.8) is 0 Å². The minimum atomic E-state index is -0.398. The normalized spacial score (nSPS) is 12.7. The standard InChI is InChI=1S/C17H29NO2/c1-5-14(6-2)18(12-13-20-4)16-11-9-8-10-15(16)17(19)7-3/h8-11,14,17,19H,5-7,12-13H2,1-4H3/t17-/m0/s1. The molecular weight excluding hydrogens is 250 g/mol. The van der Waals surface area contributed by atoms with E-state index < -0.39 is 6.10 Å². The highest BCUT2D eigenvalue weighted by Crippen LogP contribution is 2.30. The lowest BCUT2D eigenvalue weighted by molar-refractivity contribution is 0.173. The van der Waals surface area contributed by atoms with Crippen LogP contribution >= 0.6 is 0 Å². The molecule has 0 heterocycles. The van der Waals surface area contributed by atoms with Gasteiger partial charge in [-0.1, -0.05) is 39.0 Å². The van der Waals surface area contributed by atoms with Gasteiger partial charge in [0.05, 0.1) is 12.7 Å².